The van der Waals surface area contributed by atoms with Gasteiger partial charge in [0, 0.05) is 30.7 Å². The first-order valence-corrected chi connectivity index (χ1v) is 9.63. The van der Waals surface area contributed by atoms with E-state index in [0.717, 1.165) is 44.9 Å². The van der Waals surface area contributed by atoms with Crippen LogP contribution in [0.5, 0.6) is 0 Å². The monoisotopic (exact) mass is 391 g/mol. The number of benzene rings is 1. The van der Waals surface area contributed by atoms with Gasteiger partial charge in [0.05, 0.1) is 11.1 Å². The number of imide groups is 1. The molecule has 146 valence electrons. The first-order chi connectivity index (χ1) is 12.6. The average molecular weight is 392 g/mol. The van der Waals surface area contributed by atoms with Gasteiger partial charge in [-0.1, -0.05) is 19.3 Å². The molecule has 2 fully saturated rings. The van der Waals surface area contributed by atoms with Crippen molar-refractivity contribution < 1.29 is 14.4 Å². The summed E-state index contributed by atoms with van der Waals surface area (Å²) in [7, 11) is 0. The molecular formula is C20H26ClN3O3. The number of rotatable bonds is 2. The zero-order valence-corrected chi connectivity index (χ0v) is 16.2. The number of halogens is 1. The second-order valence-electron chi connectivity index (χ2n) is 7.69. The summed E-state index contributed by atoms with van der Waals surface area (Å²) in [6.07, 6.45) is 6.85. The SMILES string of the molecule is Cl.NC1CCCN(C(=O)c2ccc3c(c2)C(=O)N(C2CCCCC2)C3=O)C1. The van der Waals surface area contributed by atoms with Crippen molar-refractivity contribution in [3.05, 3.63) is 34.9 Å². The van der Waals surface area contributed by atoms with Crippen molar-refractivity contribution >= 4 is 30.1 Å². The topological polar surface area (TPSA) is 83.7 Å². The molecule has 1 saturated carbocycles. The van der Waals surface area contributed by atoms with E-state index in [1.165, 1.54) is 4.90 Å². The summed E-state index contributed by atoms with van der Waals surface area (Å²) in [6.45, 7) is 1.22. The molecule has 4 rings (SSSR count). The normalized spacial score (nSPS) is 23.2. The number of likely N-dealkylation sites (tertiary alicyclic amines) is 1. The molecule has 1 saturated heterocycles. The highest BCUT2D eigenvalue weighted by Crippen LogP contribution is 2.31. The number of carbonyl (C=O) groups is 3. The molecule has 1 aromatic carbocycles. The Morgan fingerprint density at radius 1 is 0.963 bits per heavy atom. The maximum Gasteiger partial charge on any atom is 0.261 e. The van der Waals surface area contributed by atoms with Gasteiger partial charge >= 0.3 is 0 Å². The van der Waals surface area contributed by atoms with Crippen LogP contribution in [0.1, 0.15) is 76.0 Å². The van der Waals surface area contributed by atoms with E-state index in [-0.39, 0.29) is 42.2 Å². The van der Waals surface area contributed by atoms with E-state index in [1.807, 2.05) is 0 Å². The molecule has 3 amide bonds. The van der Waals surface area contributed by atoms with E-state index in [0.29, 0.717) is 29.8 Å². The van der Waals surface area contributed by atoms with Crippen LogP contribution in [0, 0.1) is 0 Å². The van der Waals surface area contributed by atoms with E-state index < -0.39 is 0 Å². The molecule has 2 N–H and O–H groups in total. The van der Waals surface area contributed by atoms with Crippen molar-refractivity contribution in [2.75, 3.05) is 13.1 Å². The van der Waals surface area contributed by atoms with Crippen LogP contribution in [-0.4, -0.2) is 52.7 Å². The van der Waals surface area contributed by atoms with Gasteiger partial charge in [-0.2, -0.15) is 0 Å². The number of hydrogen-bond donors (Lipinski definition) is 1. The number of fused-ring (bicyclic) bond motifs is 1. The Kier molecular flexibility index (Phi) is 5.86. The lowest BCUT2D eigenvalue weighted by Crippen LogP contribution is -2.45. The molecule has 0 spiro atoms. The molecule has 0 bridgehead atoms. The average Bonchev–Trinajstić information content (AvgIpc) is 2.92. The van der Waals surface area contributed by atoms with Crippen LogP contribution in [0.15, 0.2) is 18.2 Å². The summed E-state index contributed by atoms with van der Waals surface area (Å²) in [5.41, 5.74) is 7.23. The van der Waals surface area contributed by atoms with E-state index in [9.17, 15) is 14.4 Å². The van der Waals surface area contributed by atoms with Gasteiger partial charge < -0.3 is 10.6 Å². The lowest BCUT2D eigenvalue weighted by molar-refractivity contribution is 0.0548. The molecule has 0 radical (unpaired) electrons. The molecule has 1 atom stereocenters. The van der Waals surface area contributed by atoms with Gasteiger partial charge in [0.15, 0.2) is 0 Å². The number of hydrogen-bond acceptors (Lipinski definition) is 4. The fraction of sp³-hybridized carbons (Fsp3) is 0.550. The number of piperidine rings is 1. The van der Waals surface area contributed by atoms with Gasteiger partial charge in [-0.25, -0.2) is 0 Å². The number of carbonyl (C=O) groups excluding carboxylic acids is 3. The highest BCUT2D eigenvalue weighted by Gasteiger charge is 2.40. The van der Waals surface area contributed by atoms with E-state index in [2.05, 4.69) is 0 Å². The molecule has 0 aromatic heterocycles. The van der Waals surface area contributed by atoms with Gasteiger partial charge in [-0.05, 0) is 43.9 Å². The number of nitrogens with zero attached hydrogens (tertiary/aromatic N) is 2. The van der Waals surface area contributed by atoms with Crippen LogP contribution in [0.25, 0.3) is 0 Å². The minimum Gasteiger partial charge on any atom is -0.337 e. The summed E-state index contributed by atoms with van der Waals surface area (Å²) in [5, 5.41) is 0. The third-order valence-corrected chi connectivity index (χ3v) is 5.85. The van der Waals surface area contributed by atoms with Gasteiger partial charge in [0.1, 0.15) is 0 Å². The zero-order valence-electron chi connectivity index (χ0n) is 15.4. The summed E-state index contributed by atoms with van der Waals surface area (Å²) < 4.78 is 0. The van der Waals surface area contributed by atoms with Crippen LogP contribution < -0.4 is 5.73 Å². The van der Waals surface area contributed by atoms with Crippen LogP contribution in [0.4, 0.5) is 0 Å². The zero-order chi connectivity index (χ0) is 18.3. The third kappa shape index (κ3) is 3.60. The summed E-state index contributed by atoms with van der Waals surface area (Å²) in [6, 6.07) is 4.90. The summed E-state index contributed by atoms with van der Waals surface area (Å²) in [4.78, 5) is 41.5. The van der Waals surface area contributed by atoms with E-state index >= 15 is 0 Å². The summed E-state index contributed by atoms with van der Waals surface area (Å²) >= 11 is 0. The Bertz CT molecular complexity index is 761. The Balaban J connectivity index is 0.00000210. The van der Waals surface area contributed by atoms with Crippen molar-refractivity contribution in [1.82, 2.24) is 9.80 Å². The smallest absolute Gasteiger partial charge is 0.261 e. The van der Waals surface area contributed by atoms with Crippen LogP contribution in [0.2, 0.25) is 0 Å². The molecule has 6 nitrogen and oxygen atoms in total. The molecule has 2 heterocycles. The number of nitrogens with two attached hydrogens (primary N) is 1. The molecule has 7 heteroatoms. The fourth-order valence-corrected chi connectivity index (χ4v) is 4.44. The highest BCUT2D eigenvalue weighted by atomic mass is 35.5. The van der Waals surface area contributed by atoms with Crippen LogP contribution >= 0.6 is 12.4 Å². The lowest BCUT2D eigenvalue weighted by Gasteiger charge is -2.30. The number of amides is 3. The quantitative estimate of drug-likeness (QED) is 0.785. The Morgan fingerprint density at radius 3 is 2.37 bits per heavy atom. The van der Waals surface area contributed by atoms with Crippen LogP contribution in [0.3, 0.4) is 0 Å². The van der Waals surface area contributed by atoms with Crippen molar-refractivity contribution in [2.24, 2.45) is 5.73 Å². The second-order valence-corrected chi connectivity index (χ2v) is 7.69. The van der Waals surface area contributed by atoms with Crippen molar-refractivity contribution in [3.63, 3.8) is 0 Å². The van der Waals surface area contributed by atoms with Crippen molar-refractivity contribution in [1.29, 1.82) is 0 Å². The van der Waals surface area contributed by atoms with Gasteiger partial charge in [-0.3, -0.25) is 19.3 Å². The molecule has 1 aliphatic carbocycles. The molecule has 1 aromatic rings. The highest BCUT2D eigenvalue weighted by molar-refractivity contribution is 6.22. The van der Waals surface area contributed by atoms with E-state index in [1.54, 1.807) is 23.1 Å². The molecule has 1 unspecified atom stereocenters. The minimum atomic E-state index is -0.248. The fourth-order valence-electron chi connectivity index (χ4n) is 4.44. The standard InChI is InChI=1S/C20H25N3O3.ClH/c21-14-5-4-10-22(12-14)18(24)13-8-9-16-17(11-13)20(26)23(19(16)25)15-6-2-1-3-7-15;/h8-9,11,14-15H,1-7,10,12,21H2;1H. The Hall–Kier alpha value is -1.92. The predicted molar refractivity (Wildman–Crippen MR) is 104 cm³/mol. The third-order valence-electron chi connectivity index (χ3n) is 5.85. The molecule has 27 heavy (non-hydrogen) atoms. The molecule has 3 aliphatic rings. The Labute approximate surface area is 165 Å². The predicted octanol–water partition coefficient (Wildman–Crippen LogP) is 2.60. The van der Waals surface area contributed by atoms with E-state index in [4.69, 9.17) is 5.73 Å². The molecule has 2 aliphatic heterocycles. The second kappa shape index (κ2) is 7.98. The lowest BCUT2D eigenvalue weighted by atomic mass is 9.94. The minimum absolute atomic E-state index is 0. The first-order valence-electron chi connectivity index (χ1n) is 9.63. The summed E-state index contributed by atoms with van der Waals surface area (Å²) in [5.74, 6) is -0.572. The van der Waals surface area contributed by atoms with Crippen LogP contribution in [-0.2, 0) is 0 Å². The van der Waals surface area contributed by atoms with Gasteiger partial charge in [0.25, 0.3) is 17.7 Å². The maximum atomic E-state index is 12.9. The first kappa shape index (κ1) is 19.8. The van der Waals surface area contributed by atoms with Gasteiger partial charge in [-0.15, -0.1) is 12.4 Å². The molecular weight excluding hydrogens is 366 g/mol. The maximum absolute atomic E-state index is 12.9. The largest absolute Gasteiger partial charge is 0.337 e. The van der Waals surface area contributed by atoms with Crippen molar-refractivity contribution in [3.8, 4) is 0 Å². The van der Waals surface area contributed by atoms with Gasteiger partial charge in [0.2, 0.25) is 0 Å². The van der Waals surface area contributed by atoms with Crippen molar-refractivity contribution in [2.45, 2.75) is 57.0 Å². The Morgan fingerprint density at radius 2 is 1.67 bits per heavy atom.